The first-order chi connectivity index (χ1) is 6.62. The molecule has 0 saturated carbocycles. The molecule has 0 saturated heterocycles. The molecule has 82 valence electrons. The smallest absolute Gasteiger partial charge is 0.151 e. The molecule has 0 atom stereocenters. The molecule has 0 unspecified atom stereocenters. The number of hydrogen-bond donors (Lipinski definition) is 0. The second kappa shape index (κ2) is 7.81. The summed E-state index contributed by atoms with van der Waals surface area (Å²) in [6.07, 6.45) is 5.31. The van der Waals surface area contributed by atoms with Crippen LogP contribution in [0.3, 0.4) is 0 Å². The van der Waals surface area contributed by atoms with Crippen LogP contribution >= 0.6 is 0 Å². The molecule has 0 spiro atoms. The molecule has 0 heterocycles. The van der Waals surface area contributed by atoms with Crippen LogP contribution < -0.4 is 0 Å². The summed E-state index contributed by atoms with van der Waals surface area (Å²) in [6, 6.07) is 1.86. The molecular formula is C10H19NO2S. The van der Waals surface area contributed by atoms with Crippen LogP contribution in [0.15, 0.2) is 0 Å². The maximum atomic E-state index is 11.3. The van der Waals surface area contributed by atoms with Crippen molar-refractivity contribution in [3.05, 3.63) is 0 Å². The van der Waals surface area contributed by atoms with Gasteiger partial charge in [-0.25, -0.2) is 8.42 Å². The zero-order valence-corrected chi connectivity index (χ0v) is 9.65. The molecule has 0 aliphatic carbocycles. The van der Waals surface area contributed by atoms with Gasteiger partial charge < -0.3 is 0 Å². The van der Waals surface area contributed by atoms with Gasteiger partial charge in [-0.05, 0) is 6.42 Å². The molecule has 0 aromatic carbocycles. The molecule has 0 aromatic heterocycles. The number of nitriles is 1. The highest BCUT2D eigenvalue weighted by Crippen LogP contribution is 2.05. The highest BCUT2D eigenvalue weighted by atomic mass is 32.2. The quantitative estimate of drug-likeness (QED) is 0.586. The third-order valence-corrected chi connectivity index (χ3v) is 3.82. The molecule has 0 aliphatic rings. The number of rotatable bonds is 8. The molecule has 14 heavy (non-hydrogen) atoms. The zero-order chi connectivity index (χ0) is 10.9. The van der Waals surface area contributed by atoms with Crippen LogP contribution in [-0.2, 0) is 9.84 Å². The lowest BCUT2D eigenvalue weighted by molar-refractivity contribution is 0.586. The van der Waals surface area contributed by atoms with E-state index in [-0.39, 0.29) is 17.9 Å². The Hall–Kier alpha value is -0.560. The van der Waals surface area contributed by atoms with Gasteiger partial charge in [0.05, 0.1) is 17.6 Å². The van der Waals surface area contributed by atoms with Crippen molar-refractivity contribution in [2.24, 2.45) is 0 Å². The normalized spacial score (nSPS) is 11.1. The molecule has 0 rings (SSSR count). The molecule has 0 fully saturated rings. The van der Waals surface area contributed by atoms with Gasteiger partial charge in [-0.3, -0.25) is 0 Å². The fraction of sp³-hybridized carbons (Fsp3) is 0.900. The van der Waals surface area contributed by atoms with E-state index in [9.17, 15) is 8.42 Å². The largest absolute Gasteiger partial charge is 0.229 e. The van der Waals surface area contributed by atoms with Gasteiger partial charge in [0.1, 0.15) is 0 Å². The molecule has 3 nitrogen and oxygen atoms in total. The summed E-state index contributed by atoms with van der Waals surface area (Å²) >= 11 is 0. The molecule has 0 amide bonds. The Morgan fingerprint density at radius 1 is 1.07 bits per heavy atom. The summed E-state index contributed by atoms with van der Waals surface area (Å²) in [7, 11) is -2.95. The van der Waals surface area contributed by atoms with Crippen molar-refractivity contribution in [2.45, 2.75) is 45.4 Å². The predicted molar refractivity (Wildman–Crippen MR) is 57.6 cm³/mol. The molecular weight excluding hydrogens is 198 g/mol. The van der Waals surface area contributed by atoms with Gasteiger partial charge in [0.15, 0.2) is 9.84 Å². The monoisotopic (exact) mass is 217 g/mol. The topological polar surface area (TPSA) is 57.9 Å². The van der Waals surface area contributed by atoms with Crippen LogP contribution in [0.1, 0.15) is 45.4 Å². The maximum absolute atomic E-state index is 11.3. The minimum Gasteiger partial charge on any atom is -0.229 e. The van der Waals surface area contributed by atoms with Gasteiger partial charge in [-0.15, -0.1) is 0 Å². The van der Waals surface area contributed by atoms with E-state index in [1.807, 2.05) is 6.07 Å². The maximum Gasteiger partial charge on any atom is 0.151 e. The summed E-state index contributed by atoms with van der Waals surface area (Å²) < 4.78 is 22.5. The van der Waals surface area contributed by atoms with Crippen molar-refractivity contribution in [3.63, 3.8) is 0 Å². The predicted octanol–water partition coefficient (Wildman–Crippen LogP) is 2.29. The van der Waals surface area contributed by atoms with Crippen molar-refractivity contribution in [3.8, 4) is 6.07 Å². The van der Waals surface area contributed by atoms with E-state index < -0.39 is 9.84 Å². The van der Waals surface area contributed by atoms with Crippen molar-refractivity contribution in [1.29, 1.82) is 5.26 Å². The Balaban J connectivity index is 3.52. The number of unbranched alkanes of at least 4 members (excludes halogenated alkanes) is 4. The van der Waals surface area contributed by atoms with Crippen LogP contribution in [0.2, 0.25) is 0 Å². The average molecular weight is 217 g/mol. The van der Waals surface area contributed by atoms with E-state index >= 15 is 0 Å². The van der Waals surface area contributed by atoms with Crippen LogP contribution in [-0.4, -0.2) is 19.9 Å². The Morgan fingerprint density at radius 2 is 1.71 bits per heavy atom. The van der Waals surface area contributed by atoms with Crippen LogP contribution in [0.4, 0.5) is 0 Å². The van der Waals surface area contributed by atoms with Crippen LogP contribution in [0.25, 0.3) is 0 Å². The summed E-state index contributed by atoms with van der Waals surface area (Å²) in [4.78, 5) is 0. The van der Waals surface area contributed by atoms with Crippen molar-refractivity contribution in [1.82, 2.24) is 0 Å². The fourth-order valence-electron chi connectivity index (χ4n) is 1.23. The van der Waals surface area contributed by atoms with Crippen LogP contribution in [0, 0.1) is 11.3 Å². The Morgan fingerprint density at radius 3 is 2.29 bits per heavy atom. The number of sulfone groups is 1. The highest BCUT2D eigenvalue weighted by molar-refractivity contribution is 7.91. The molecule has 0 N–H and O–H groups in total. The summed E-state index contributed by atoms with van der Waals surface area (Å²) in [5.41, 5.74) is 0. The number of nitrogens with zero attached hydrogens (tertiary/aromatic N) is 1. The first-order valence-electron chi connectivity index (χ1n) is 5.19. The molecule has 0 radical (unpaired) electrons. The molecule has 0 aromatic rings. The van der Waals surface area contributed by atoms with E-state index in [0.29, 0.717) is 0 Å². The van der Waals surface area contributed by atoms with Gasteiger partial charge in [-0.1, -0.05) is 32.6 Å². The Bertz CT molecular complexity index is 264. The molecule has 0 aliphatic heterocycles. The Labute approximate surface area is 87.0 Å². The third-order valence-electron chi connectivity index (χ3n) is 2.08. The first-order valence-corrected chi connectivity index (χ1v) is 7.02. The van der Waals surface area contributed by atoms with E-state index in [1.54, 1.807) is 0 Å². The minimum atomic E-state index is -2.95. The van der Waals surface area contributed by atoms with Gasteiger partial charge in [-0.2, -0.15) is 5.26 Å². The van der Waals surface area contributed by atoms with Gasteiger partial charge in [0, 0.05) is 6.42 Å². The molecule has 0 bridgehead atoms. The zero-order valence-electron chi connectivity index (χ0n) is 8.83. The lowest BCUT2D eigenvalue weighted by Crippen LogP contribution is -2.10. The van der Waals surface area contributed by atoms with Gasteiger partial charge in [0.25, 0.3) is 0 Å². The molecule has 4 heteroatoms. The van der Waals surface area contributed by atoms with Gasteiger partial charge >= 0.3 is 0 Å². The first kappa shape index (κ1) is 13.4. The fourth-order valence-corrected chi connectivity index (χ4v) is 2.48. The second-order valence-electron chi connectivity index (χ2n) is 3.47. The van der Waals surface area contributed by atoms with E-state index in [1.165, 1.54) is 12.8 Å². The second-order valence-corrected chi connectivity index (χ2v) is 5.78. The third kappa shape index (κ3) is 8.06. The number of hydrogen-bond acceptors (Lipinski definition) is 3. The highest BCUT2D eigenvalue weighted by Gasteiger charge is 2.08. The van der Waals surface area contributed by atoms with E-state index in [4.69, 9.17) is 5.26 Å². The van der Waals surface area contributed by atoms with Gasteiger partial charge in [0.2, 0.25) is 0 Å². The standard InChI is InChI=1S/C10H19NO2S/c1-2-3-4-5-6-9-14(12,13)10-7-8-11/h2-7,9-10H2,1H3. The minimum absolute atomic E-state index is 0.0251. The lowest BCUT2D eigenvalue weighted by atomic mass is 10.2. The SMILES string of the molecule is CCCCCCCS(=O)(=O)CCC#N. The lowest BCUT2D eigenvalue weighted by Gasteiger charge is -2.01. The van der Waals surface area contributed by atoms with Crippen molar-refractivity contribution in [2.75, 3.05) is 11.5 Å². The van der Waals surface area contributed by atoms with E-state index in [0.717, 1.165) is 19.3 Å². The van der Waals surface area contributed by atoms with E-state index in [2.05, 4.69) is 6.92 Å². The van der Waals surface area contributed by atoms with Crippen molar-refractivity contribution < 1.29 is 8.42 Å². The summed E-state index contributed by atoms with van der Waals surface area (Å²) in [6.45, 7) is 2.13. The average Bonchev–Trinajstić information content (AvgIpc) is 2.15. The Kier molecular flexibility index (Phi) is 7.50. The van der Waals surface area contributed by atoms with Crippen molar-refractivity contribution >= 4 is 9.84 Å². The summed E-state index contributed by atoms with van der Waals surface area (Å²) in [5, 5.41) is 8.26. The van der Waals surface area contributed by atoms with Crippen LogP contribution in [0.5, 0.6) is 0 Å². The summed E-state index contributed by atoms with van der Waals surface area (Å²) in [5.74, 6) is 0.273.